The molecule has 2 fully saturated rings. The van der Waals surface area contributed by atoms with Gasteiger partial charge in [-0.15, -0.1) is 0 Å². The standard InChI is InChI=1S/C14H26O/c1-11(2)10-14(7-3-4-8-14)13(15)9-12-5-6-12/h11-13,15H,3-10H2,1-2H3. The van der Waals surface area contributed by atoms with Gasteiger partial charge in [0.15, 0.2) is 0 Å². The predicted octanol–water partition coefficient (Wildman–Crippen LogP) is 3.75. The Bertz CT molecular complexity index is 199. The van der Waals surface area contributed by atoms with Crippen LogP contribution in [0.15, 0.2) is 0 Å². The Morgan fingerprint density at radius 1 is 1.20 bits per heavy atom. The Hall–Kier alpha value is -0.0400. The second-order valence-corrected chi connectivity index (χ2v) is 6.36. The molecule has 0 radical (unpaired) electrons. The molecule has 0 aromatic carbocycles. The SMILES string of the molecule is CC(C)CC1(C(O)CC2CC2)CCCC1. The Labute approximate surface area is 94.3 Å². The second-order valence-electron chi connectivity index (χ2n) is 6.36. The van der Waals surface area contributed by atoms with Crippen LogP contribution in [0.1, 0.15) is 65.2 Å². The number of aliphatic hydroxyl groups excluding tert-OH is 1. The Morgan fingerprint density at radius 2 is 1.80 bits per heavy atom. The summed E-state index contributed by atoms with van der Waals surface area (Å²) in [6.45, 7) is 4.59. The van der Waals surface area contributed by atoms with Crippen molar-refractivity contribution in [2.75, 3.05) is 0 Å². The molecule has 1 nitrogen and oxygen atoms in total. The zero-order valence-electron chi connectivity index (χ0n) is 10.3. The van der Waals surface area contributed by atoms with E-state index in [0.29, 0.717) is 5.41 Å². The van der Waals surface area contributed by atoms with Crippen molar-refractivity contribution in [1.29, 1.82) is 0 Å². The Morgan fingerprint density at radius 3 is 2.27 bits per heavy atom. The minimum Gasteiger partial charge on any atom is -0.393 e. The molecule has 1 heteroatoms. The summed E-state index contributed by atoms with van der Waals surface area (Å²) in [6, 6.07) is 0. The summed E-state index contributed by atoms with van der Waals surface area (Å²) in [5.74, 6) is 1.60. The average Bonchev–Trinajstić information content (AvgIpc) is 2.83. The third-order valence-corrected chi connectivity index (χ3v) is 4.37. The summed E-state index contributed by atoms with van der Waals surface area (Å²) in [5, 5.41) is 10.5. The van der Waals surface area contributed by atoms with Crippen molar-refractivity contribution in [2.45, 2.75) is 71.3 Å². The smallest absolute Gasteiger partial charge is 0.0599 e. The molecule has 1 atom stereocenters. The molecule has 0 heterocycles. The molecule has 0 saturated heterocycles. The highest BCUT2D eigenvalue weighted by atomic mass is 16.3. The van der Waals surface area contributed by atoms with Crippen LogP contribution in [0.2, 0.25) is 0 Å². The summed E-state index contributed by atoms with van der Waals surface area (Å²) in [5.41, 5.74) is 0.302. The van der Waals surface area contributed by atoms with Crippen molar-refractivity contribution in [3.63, 3.8) is 0 Å². The van der Waals surface area contributed by atoms with Crippen LogP contribution in [0.25, 0.3) is 0 Å². The van der Waals surface area contributed by atoms with E-state index in [1.54, 1.807) is 0 Å². The van der Waals surface area contributed by atoms with Crippen LogP contribution in [0.3, 0.4) is 0 Å². The van der Waals surface area contributed by atoms with Crippen molar-refractivity contribution < 1.29 is 5.11 Å². The highest BCUT2D eigenvalue weighted by molar-refractivity contribution is 4.93. The molecule has 1 N–H and O–H groups in total. The third kappa shape index (κ3) is 2.75. The Balaban J connectivity index is 1.96. The number of rotatable bonds is 5. The lowest BCUT2D eigenvalue weighted by Crippen LogP contribution is -2.34. The van der Waals surface area contributed by atoms with Crippen LogP contribution in [-0.4, -0.2) is 11.2 Å². The molecule has 2 saturated carbocycles. The van der Waals surface area contributed by atoms with Crippen molar-refractivity contribution in [3.05, 3.63) is 0 Å². The summed E-state index contributed by atoms with van der Waals surface area (Å²) in [6.07, 6.45) is 10.3. The minimum absolute atomic E-state index is 0.00472. The average molecular weight is 210 g/mol. The first-order chi connectivity index (χ1) is 7.12. The van der Waals surface area contributed by atoms with Gasteiger partial charge in [-0.1, -0.05) is 39.5 Å². The molecule has 88 valence electrons. The molecule has 2 aliphatic carbocycles. The topological polar surface area (TPSA) is 20.2 Å². The lowest BCUT2D eigenvalue weighted by atomic mass is 9.72. The van der Waals surface area contributed by atoms with Crippen LogP contribution >= 0.6 is 0 Å². The van der Waals surface area contributed by atoms with E-state index >= 15 is 0 Å². The molecule has 0 amide bonds. The van der Waals surface area contributed by atoms with Crippen LogP contribution in [0.4, 0.5) is 0 Å². The highest BCUT2D eigenvalue weighted by Crippen LogP contribution is 2.49. The van der Waals surface area contributed by atoms with Crippen molar-refractivity contribution in [3.8, 4) is 0 Å². The van der Waals surface area contributed by atoms with Gasteiger partial charge in [0.2, 0.25) is 0 Å². The first kappa shape index (κ1) is 11.4. The normalized spacial score (nSPS) is 27.2. The van der Waals surface area contributed by atoms with Crippen LogP contribution in [0.5, 0.6) is 0 Å². The van der Waals surface area contributed by atoms with Gasteiger partial charge in [-0.05, 0) is 42.9 Å². The molecule has 0 aromatic heterocycles. The monoisotopic (exact) mass is 210 g/mol. The number of hydrogen-bond donors (Lipinski definition) is 1. The molecule has 2 rings (SSSR count). The fourth-order valence-corrected chi connectivity index (χ4v) is 3.48. The van der Waals surface area contributed by atoms with Gasteiger partial charge in [-0.2, -0.15) is 0 Å². The van der Waals surface area contributed by atoms with Crippen LogP contribution < -0.4 is 0 Å². The van der Waals surface area contributed by atoms with Gasteiger partial charge in [0.05, 0.1) is 6.10 Å². The Kier molecular flexibility index (Phi) is 3.39. The van der Waals surface area contributed by atoms with Crippen LogP contribution in [0, 0.1) is 17.3 Å². The predicted molar refractivity (Wildman–Crippen MR) is 63.7 cm³/mol. The summed E-state index contributed by atoms with van der Waals surface area (Å²) >= 11 is 0. The first-order valence-corrected chi connectivity index (χ1v) is 6.80. The number of aliphatic hydroxyl groups is 1. The molecule has 0 spiro atoms. The zero-order valence-corrected chi connectivity index (χ0v) is 10.3. The maximum Gasteiger partial charge on any atom is 0.0599 e. The van der Waals surface area contributed by atoms with Gasteiger partial charge >= 0.3 is 0 Å². The molecular formula is C14H26O. The van der Waals surface area contributed by atoms with E-state index < -0.39 is 0 Å². The van der Waals surface area contributed by atoms with Gasteiger partial charge in [-0.3, -0.25) is 0 Å². The van der Waals surface area contributed by atoms with E-state index in [4.69, 9.17) is 0 Å². The van der Waals surface area contributed by atoms with Gasteiger partial charge in [0.25, 0.3) is 0 Å². The van der Waals surface area contributed by atoms with Gasteiger partial charge in [0.1, 0.15) is 0 Å². The zero-order chi connectivity index (χ0) is 10.9. The lowest BCUT2D eigenvalue weighted by Gasteiger charge is -2.36. The first-order valence-electron chi connectivity index (χ1n) is 6.80. The molecule has 0 aliphatic heterocycles. The van der Waals surface area contributed by atoms with E-state index in [1.165, 1.54) is 44.9 Å². The molecule has 15 heavy (non-hydrogen) atoms. The molecular weight excluding hydrogens is 184 g/mol. The maximum absolute atomic E-state index is 10.5. The summed E-state index contributed by atoms with van der Waals surface area (Å²) in [4.78, 5) is 0. The van der Waals surface area contributed by atoms with Gasteiger partial charge in [0, 0.05) is 0 Å². The quantitative estimate of drug-likeness (QED) is 0.732. The molecule has 2 aliphatic rings. The highest BCUT2D eigenvalue weighted by Gasteiger charge is 2.42. The van der Waals surface area contributed by atoms with Crippen molar-refractivity contribution in [1.82, 2.24) is 0 Å². The van der Waals surface area contributed by atoms with Gasteiger partial charge in [-0.25, -0.2) is 0 Å². The molecule has 1 unspecified atom stereocenters. The van der Waals surface area contributed by atoms with Crippen LogP contribution in [-0.2, 0) is 0 Å². The fraction of sp³-hybridized carbons (Fsp3) is 1.00. The summed E-state index contributed by atoms with van der Waals surface area (Å²) in [7, 11) is 0. The molecule has 0 aromatic rings. The van der Waals surface area contributed by atoms with E-state index in [0.717, 1.165) is 18.3 Å². The van der Waals surface area contributed by atoms with E-state index in [2.05, 4.69) is 13.8 Å². The minimum atomic E-state index is -0.00472. The van der Waals surface area contributed by atoms with Crippen molar-refractivity contribution >= 4 is 0 Å². The fourth-order valence-electron chi connectivity index (χ4n) is 3.48. The maximum atomic E-state index is 10.5. The third-order valence-electron chi connectivity index (χ3n) is 4.37. The molecule has 0 bridgehead atoms. The van der Waals surface area contributed by atoms with Crippen molar-refractivity contribution in [2.24, 2.45) is 17.3 Å². The lowest BCUT2D eigenvalue weighted by molar-refractivity contribution is 0.00334. The van der Waals surface area contributed by atoms with E-state index in [-0.39, 0.29) is 6.10 Å². The largest absolute Gasteiger partial charge is 0.393 e. The summed E-state index contributed by atoms with van der Waals surface area (Å²) < 4.78 is 0. The van der Waals surface area contributed by atoms with Gasteiger partial charge < -0.3 is 5.11 Å². The second kappa shape index (κ2) is 4.45. The van der Waals surface area contributed by atoms with E-state index in [9.17, 15) is 5.11 Å². The van der Waals surface area contributed by atoms with E-state index in [1.807, 2.05) is 0 Å². The number of hydrogen-bond acceptors (Lipinski definition) is 1.